The Morgan fingerprint density at radius 3 is 2.69 bits per heavy atom. The predicted molar refractivity (Wildman–Crippen MR) is 53.9 cm³/mol. The first-order chi connectivity index (χ1) is 7.52. The Morgan fingerprint density at radius 1 is 1.56 bits per heavy atom. The molecule has 1 aliphatic carbocycles. The van der Waals surface area contributed by atoms with Crippen LogP contribution in [0.2, 0.25) is 0 Å². The van der Waals surface area contributed by atoms with E-state index in [1.165, 1.54) is 0 Å². The number of amides is 1. The number of carbonyl (C=O) groups is 2. The molecule has 1 amide bonds. The van der Waals surface area contributed by atoms with Crippen molar-refractivity contribution in [1.82, 2.24) is 10.8 Å². The Kier molecular flexibility index (Phi) is 3.05. The number of nitrogens with one attached hydrogen (secondary N) is 2. The summed E-state index contributed by atoms with van der Waals surface area (Å²) in [6.07, 6.45) is 1.92. The molecule has 90 valence electrons. The van der Waals surface area contributed by atoms with Crippen molar-refractivity contribution in [3.05, 3.63) is 0 Å². The van der Waals surface area contributed by atoms with Crippen molar-refractivity contribution in [2.24, 2.45) is 5.92 Å². The molecule has 16 heavy (non-hydrogen) atoms. The van der Waals surface area contributed by atoms with Gasteiger partial charge >= 0.3 is 5.97 Å². The summed E-state index contributed by atoms with van der Waals surface area (Å²) in [7, 11) is 0. The monoisotopic (exact) mass is 248 g/mol. The topological polar surface area (TPSA) is 87.7 Å². The summed E-state index contributed by atoms with van der Waals surface area (Å²) >= 11 is 6.15. The average Bonchev–Trinajstić information content (AvgIpc) is 2.74. The number of halogens is 1. The minimum atomic E-state index is -1.31. The van der Waals surface area contributed by atoms with Gasteiger partial charge < -0.3 is 15.3 Å². The summed E-state index contributed by atoms with van der Waals surface area (Å²) < 4.78 is 0. The molecule has 2 fully saturated rings. The zero-order chi connectivity index (χ0) is 11.8. The van der Waals surface area contributed by atoms with E-state index in [1.54, 1.807) is 0 Å². The van der Waals surface area contributed by atoms with Crippen LogP contribution < -0.4 is 10.8 Å². The molecule has 0 aromatic carbocycles. The molecule has 2 aliphatic rings. The minimum Gasteiger partial charge on any atom is -0.374 e. The van der Waals surface area contributed by atoms with E-state index in [2.05, 4.69) is 10.2 Å². The highest BCUT2D eigenvalue weighted by atomic mass is 35.5. The summed E-state index contributed by atoms with van der Waals surface area (Å²) in [5, 5.41) is 11.9. The van der Waals surface area contributed by atoms with Crippen LogP contribution in [0.4, 0.5) is 0 Å². The van der Waals surface area contributed by atoms with Gasteiger partial charge in [-0.15, -0.1) is 5.48 Å². The number of alkyl halides is 1. The fraction of sp³-hybridized carbons (Fsp3) is 0.778. The van der Waals surface area contributed by atoms with Gasteiger partial charge in [0.15, 0.2) is 12.1 Å². The van der Waals surface area contributed by atoms with E-state index in [0.29, 0.717) is 12.8 Å². The summed E-state index contributed by atoms with van der Waals surface area (Å²) in [6.45, 7) is 0. The fourth-order valence-electron chi connectivity index (χ4n) is 1.99. The molecular weight excluding hydrogens is 236 g/mol. The molecule has 0 bridgehead atoms. The van der Waals surface area contributed by atoms with Gasteiger partial charge in [-0.1, -0.05) is 11.6 Å². The highest BCUT2D eigenvalue weighted by Gasteiger charge is 2.44. The lowest BCUT2D eigenvalue weighted by Gasteiger charge is -2.23. The lowest BCUT2D eigenvalue weighted by Crippen LogP contribution is -2.48. The number of hydrogen-bond donors (Lipinski definition) is 3. The molecule has 0 aromatic rings. The molecule has 0 radical (unpaired) electrons. The van der Waals surface area contributed by atoms with Crippen molar-refractivity contribution < 1.29 is 19.5 Å². The molecule has 1 saturated carbocycles. The molecule has 0 spiro atoms. The van der Waals surface area contributed by atoms with Gasteiger partial charge in [-0.2, -0.15) is 0 Å². The minimum absolute atomic E-state index is 0.598. The van der Waals surface area contributed by atoms with E-state index >= 15 is 0 Å². The Hall–Kier alpha value is -0.850. The van der Waals surface area contributed by atoms with Gasteiger partial charge in [-0.25, -0.2) is 4.79 Å². The second-order valence-electron chi connectivity index (χ2n) is 4.12. The Labute approximate surface area is 97.2 Å². The van der Waals surface area contributed by atoms with Gasteiger partial charge in [0.25, 0.3) is 0 Å². The van der Waals surface area contributed by atoms with Crippen LogP contribution in [0, 0.1) is 5.92 Å². The number of aliphatic hydroxyl groups is 1. The molecule has 1 saturated heterocycles. The molecule has 2 unspecified atom stereocenters. The van der Waals surface area contributed by atoms with Crippen molar-refractivity contribution in [2.45, 2.75) is 36.9 Å². The largest absolute Gasteiger partial charge is 0.374 e. The number of aliphatic hydroxyl groups excluding tert-OH is 1. The zero-order valence-electron chi connectivity index (χ0n) is 8.53. The van der Waals surface area contributed by atoms with Crippen molar-refractivity contribution in [2.75, 3.05) is 0 Å². The first-order valence-electron chi connectivity index (χ1n) is 5.17. The van der Waals surface area contributed by atoms with Gasteiger partial charge in [0.2, 0.25) is 5.91 Å². The molecule has 7 heteroatoms. The van der Waals surface area contributed by atoms with Gasteiger partial charge in [0.05, 0.1) is 0 Å². The van der Waals surface area contributed by atoms with Crippen LogP contribution in [0.3, 0.4) is 0 Å². The van der Waals surface area contributed by atoms with Crippen LogP contribution in [0.5, 0.6) is 0 Å². The van der Waals surface area contributed by atoms with Crippen LogP contribution in [0.15, 0.2) is 0 Å². The highest BCUT2D eigenvalue weighted by molar-refractivity contribution is 6.25. The average molecular weight is 249 g/mol. The molecular formula is C9H13ClN2O4. The standard InChI is InChI=1S/C9H13ClN2O4/c10-9(3-1-2-4-9)11-6(13)5-7(14)12-16-8(5)15/h5,7,12,14H,1-4H2,(H,11,13). The van der Waals surface area contributed by atoms with Crippen molar-refractivity contribution >= 4 is 23.5 Å². The lowest BCUT2D eigenvalue weighted by molar-refractivity contribution is -0.148. The Morgan fingerprint density at radius 2 is 2.19 bits per heavy atom. The normalized spacial score (nSPS) is 32.5. The third-order valence-electron chi connectivity index (χ3n) is 2.88. The fourth-order valence-corrected chi connectivity index (χ4v) is 2.35. The maximum Gasteiger partial charge on any atom is 0.341 e. The first kappa shape index (κ1) is 11.6. The molecule has 0 aromatic heterocycles. The van der Waals surface area contributed by atoms with Crippen LogP contribution in [-0.2, 0) is 14.4 Å². The van der Waals surface area contributed by atoms with E-state index in [4.69, 9.17) is 11.6 Å². The van der Waals surface area contributed by atoms with Gasteiger partial charge in [-0.3, -0.25) is 4.79 Å². The number of hydrogen-bond acceptors (Lipinski definition) is 5. The summed E-state index contributed by atoms with van der Waals surface area (Å²) in [5.74, 6) is -2.63. The molecule has 6 nitrogen and oxygen atoms in total. The Balaban J connectivity index is 1.99. The van der Waals surface area contributed by atoms with E-state index in [-0.39, 0.29) is 0 Å². The molecule has 2 rings (SSSR count). The summed E-state index contributed by atoms with van der Waals surface area (Å²) in [4.78, 5) is 26.5. The van der Waals surface area contributed by atoms with E-state index < -0.39 is 29.0 Å². The van der Waals surface area contributed by atoms with Crippen LogP contribution in [0.25, 0.3) is 0 Å². The quantitative estimate of drug-likeness (QED) is 0.352. The molecule has 2 atom stereocenters. The number of carbonyl (C=O) groups excluding carboxylic acids is 2. The van der Waals surface area contributed by atoms with E-state index in [9.17, 15) is 14.7 Å². The summed E-state index contributed by atoms with van der Waals surface area (Å²) in [5.41, 5.74) is 2.04. The van der Waals surface area contributed by atoms with Crippen LogP contribution >= 0.6 is 11.6 Å². The lowest BCUT2D eigenvalue weighted by atomic mass is 10.1. The van der Waals surface area contributed by atoms with Crippen molar-refractivity contribution in [1.29, 1.82) is 0 Å². The first-order valence-corrected chi connectivity index (χ1v) is 5.55. The van der Waals surface area contributed by atoms with Crippen molar-refractivity contribution in [3.8, 4) is 0 Å². The van der Waals surface area contributed by atoms with Gasteiger partial charge in [-0.05, 0) is 25.7 Å². The molecule has 1 aliphatic heterocycles. The molecule has 1 heterocycles. The Bertz CT molecular complexity index is 317. The van der Waals surface area contributed by atoms with Crippen molar-refractivity contribution in [3.63, 3.8) is 0 Å². The SMILES string of the molecule is O=C(NC1(Cl)CCCC1)C1C(=O)ONC1O. The van der Waals surface area contributed by atoms with Gasteiger partial charge in [0.1, 0.15) is 5.00 Å². The third-order valence-corrected chi connectivity index (χ3v) is 3.35. The van der Waals surface area contributed by atoms with E-state index in [1.807, 2.05) is 5.48 Å². The maximum absolute atomic E-state index is 11.7. The van der Waals surface area contributed by atoms with E-state index in [0.717, 1.165) is 12.8 Å². The summed E-state index contributed by atoms with van der Waals surface area (Å²) in [6, 6.07) is 0. The molecule has 3 N–H and O–H groups in total. The smallest absolute Gasteiger partial charge is 0.341 e. The second kappa shape index (κ2) is 4.20. The van der Waals surface area contributed by atoms with Crippen LogP contribution in [0.1, 0.15) is 25.7 Å². The second-order valence-corrected chi connectivity index (χ2v) is 4.85. The zero-order valence-corrected chi connectivity index (χ0v) is 9.29. The number of hydroxylamine groups is 1. The maximum atomic E-state index is 11.7. The predicted octanol–water partition coefficient (Wildman–Crippen LogP) is -0.392. The third kappa shape index (κ3) is 2.14. The highest BCUT2D eigenvalue weighted by Crippen LogP contribution is 2.33. The van der Waals surface area contributed by atoms with Crippen LogP contribution in [-0.4, -0.2) is 28.2 Å². The van der Waals surface area contributed by atoms with Gasteiger partial charge in [0, 0.05) is 0 Å². The number of rotatable bonds is 2.